The summed E-state index contributed by atoms with van der Waals surface area (Å²) in [4.78, 5) is 26.7. The first-order valence-corrected chi connectivity index (χ1v) is 7.25. The largest absolute Gasteiger partial charge is 0.443 e. The average molecular weight is 307 g/mol. The van der Waals surface area contributed by atoms with Crippen LogP contribution in [0.25, 0.3) is 0 Å². The van der Waals surface area contributed by atoms with E-state index >= 15 is 0 Å². The Morgan fingerprint density at radius 3 is 2.73 bits per heavy atom. The van der Waals surface area contributed by atoms with Gasteiger partial charge in [0.25, 0.3) is 0 Å². The maximum Gasteiger partial charge on any atom is 0.414 e. The fraction of sp³-hybridized carbons (Fsp3) is 0.467. The summed E-state index contributed by atoms with van der Waals surface area (Å²) in [6, 6.07) is 2.83. The Labute approximate surface area is 127 Å². The first-order chi connectivity index (χ1) is 10.4. The number of nitrogens with two attached hydrogens (primary N) is 1. The number of rotatable bonds is 3. The van der Waals surface area contributed by atoms with Crippen LogP contribution in [0.5, 0.6) is 0 Å². The minimum atomic E-state index is -0.542. The van der Waals surface area contributed by atoms with Gasteiger partial charge in [0.1, 0.15) is 11.9 Å². The van der Waals surface area contributed by atoms with E-state index in [0.717, 1.165) is 0 Å². The van der Waals surface area contributed by atoms with E-state index in [4.69, 9.17) is 10.5 Å². The van der Waals surface area contributed by atoms with Crippen molar-refractivity contribution in [1.29, 1.82) is 0 Å². The Kier molecular flexibility index (Phi) is 3.52. The van der Waals surface area contributed by atoms with Crippen molar-refractivity contribution in [2.24, 2.45) is 5.73 Å². The summed E-state index contributed by atoms with van der Waals surface area (Å²) in [5, 5.41) is 0. The standard InChI is InChI=1S/C15H18FN3O3/c1-8(2)19-13(20)4-9-3-10(5-12(16)14(9)19)18-7-11(6-17)22-15(18)21/h3,5,8,11H,4,6-7,17H2,1-2H3/t11-/m0/s1. The van der Waals surface area contributed by atoms with Crippen molar-refractivity contribution in [2.75, 3.05) is 22.9 Å². The van der Waals surface area contributed by atoms with Gasteiger partial charge in [-0.2, -0.15) is 0 Å². The Morgan fingerprint density at radius 2 is 2.14 bits per heavy atom. The van der Waals surface area contributed by atoms with Crippen LogP contribution < -0.4 is 15.5 Å². The Hall–Kier alpha value is -2.15. The molecule has 2 N–H and O–H groups in total. The van der Waals surface area contributed by atoms with Gasteiger partial charge < -0.3 is 15.4 Å². The molecule has 0 spiro atoms. The maximum absolute atomic E-state index is 14.5. The molecule has 0 saturated carbocycles. The molecule has 118 valence electrons. The summed E-state index contributed by atoms with van der Waals surface area (Å²) in [5.41, 5.74) is 6.80. The van der Waals surface area contributed by atoms with E-state index in [1.165, 1.54) is 15.9 Å². The molecule has 1 aromatic carbocycles. The minimum Gasteiger partial charge on any atom is -0.443 e. The van der Waals surface area contributed by atoms with Crippen LogP contribution in [-0.4, -0.2) is 37.2 Å². The first kappa shape index (κ1) is 14.8. The highest BCUT2D eigenvalue weighted by atomic mass is 19.1. The number of fused-ring (bicyclic) bond motifs is 1. The minimum absolute atomic E-state index is 0.118. The lowest BCUT2D eigenvalue weighted by Crippen LogP contribution is -2.34. The van der Waals surface area contributed by atoms with Gasteiger partial charge in [0, 0.05) is 12.6 Å². The highest BCUT2D eigenvalue weighted by Crippen LogP contribution is 2.37. The molecule has 2 heterocycles. The van der Waals surface area contributed by atoms with Gasteiger partial charge in [0.15, 0.2) is 0 Å². The van der Waals surface area contributed by atoms with E-state index in [1.807, 2.05) is 13.8 Å². The van der Waals surface area contributed by atoms with Gasteiger partial charge in [-0.1, -0.05) is 0 Å². The second kappa shape index (κ2) is 5.24. The molecule has 0 radical (unpaired) electrons. The molecule has 6 nitrogen and oxygen atoms in total. The predicted molar refractivity (Wildman–Crippen MR) is 79.4 cm³/mol. The van der Waals surface area contributed by atoms with Crippen LogP contribution in [0.1, 0.15) is 19.4 Å². The van der Waals surface area contributed by atoms with Crippen molar-refractivity contribution in [2.45, 2.75) is 32.4 Å². The maximum atomic E-state index is 14.5. The molecule has 0 unspecified atom stereocenters. The fourth-order valence-corrected chi connectivity index (χ4v) is 2.97. The molecule has 22 heavy (non-hydrogen) atoms. The number of carbonyl (C=O) groups excluding carboxylic acids is 2. The van der Waals surface area contributed by atoms with Gasteiger partial charge in [0.2, 0.25) is 5.91 Å². The molecular weight excluding hydrogens is 289 g/mol. The van der Waals surface area contributed by atoms with Crippen LogP contribution in [0.4, 0.5) is 20.6 Å². The molecule has 2 amide bonds. The van der Waals surface area contributed by atoms with Crippen LogP contribution in [0.3, 0.4) is 0 Å². The van der Waals surface area contributed by atoms with Gasteiger partial charge in [-0.15, -0.1) is 0 Å². The van der Waals surface area contributed by atoms with Crippen LogP contribution in [0.15, 0.2) is 12.1 Å². The van der Waals surface area contributed by atoms with Gasteiger partial charge >= 0.3 is 6.09 Å². The zero-order valence-corrected chi connectivity index (χ0v) is 12.5. The van der Waals surface area contributed by atoms with Gasteiger partial charge in [-0.05, 0) is 31.5 Å². The molecular formula is C15H18FN3O3. The molecule has 1 atom stereocenters. The molecule has 1 fully saturated rings. The van der Waals surface area contributed by atoms with E-state index in [9.17, 15) is 14.0 Å². The molecule has 0 aliphatic carbocycles. The number of amides is 2. The Balaban J connectivity index is 1.98. The second-order valence-corrected chi connectivity index (χ2v) is 5.82. The lowest BCUT2D eigenvalue weighted by Gasteiger charge is -2.23. The predicted octanol–water partition coefficient (Wildman–Crippen LogP) is 1.41. The quantitative estimate of drug-likeness (QED) is 0.916. The first-order valence-electron chi connectivity index (χ1n) is 7.25. The molecule has 1 aromatic rings. The highest BCUT2D eigenvalue weighted by molar-refractivity contribution is 6.03. The summed E-state index contributed by atoms with van der Waals surface area (Å²) in [6.45, 7) is 4.18. The number of nitrogens with zero attached hydrogens (tertiary/aromatic N) is 2. The number of anilines is 2. The third kappa shape index (κ3) is 2.21. The van der Waals surface area contributed by atoms with E-state index in [1.54, 1.807) is 6.07 Å². The average Bonchev–Trinajstić information content (AvgIpc) is 2.98. The number of hydrogen-bond donors (Lipinski definition) is 1. The van der Waals surface area contributed by atoms with Crippen molar-refractivity contribution >= 4 is 23.4 Å². The molecule has 2 aliphatic heterocycles. The smallest absolute Gasteiger partial charge is 0.414 e. The lowest BCUT2D eigenvalue weighted by molar-refractivity contribution is -0.117. The number of ether oxygens (including phenoxy) is 1. The van der Waals surface area contributed by atoms with Gasteiger partial charge in [0.05, 0.1) is 24.3 Å². The van der Waals surface area contributed by atoms with Crippen LogP contribution in [-0.2, 0) is 16.0 Å². The molecule has 3 rings (SSSR count). The van der Waals surface area contributed by atoms with Crippen molar-refractivity contribution in [3.63, 3.8) is 0 Å². The van der Waals surface area contributed by atoms with E-state index in [0.29, 0.717) is 16.9 Å². The van der Waals surface area contributed by atoms with E-state index in [-0.39, 0.29) is 31.5 Å². The third-order valence-electron chi connectivity index (χ3n) is 3.94. The molecule has 1 saturated heterocycles. The number of benzene rings is 1. The highest BCUT2D eigenvalue weighted by Gasteiger charge is 2.36. The zero-order chi connectivity index (χ0) is 16.0. The second-order valence-electron chi connectivity index (χ2n) is 5.82. The summed E-state index contributed by atoms with van der Waals surface area (Å²) in [7, 11) is 0. The normalized spacial score (nSPS) is 20.9. The Morgan fingerprint density at radius 1 is 1.41 bits per heavy atom. The van der Waals surface area contributed by atoms with Crippen LogP contribution >= 0.6 is 0 Å². The lowest BCUT2D eigenvalue weighted by atomic mass is 10.1. The Bertz CT molecular complexity index is 647. The topological polar surface area (TPSA) is 75.9 Å². The number of hydrogen-bond acceptors (Lipinski definition) is 4. The molecule has 0 aromatic heterocycles. The van der Waals surface area contributed by atoms with Crippen LogP contribution in [0, 0.1) is 5.82 Å². The third-order valence-corrected chi connectivity index (χ3v) is 3.94. The fourth-order valence-electron chi connectivity index (χ4n) is 2.97. The van der Waals surface area contributed by atoms with Crippen molar-refractivity contribution in [1.82, 2.24) is 0 Å². The summed E-state index contributed by atoms with van der Waals surface area (Å²) in [6.07, 6.45) is -0.793. The van der Waals surface area contributed by atoms with Crippen molar-refractivity contribution in [3.05, 3.63) is 23.5 Å². The van der Waals surface area contributed by atoms with E-state index in [2.05, 4.69) is 0 Å². The monoisotopic (exact) mass is 307 g/mol. The van der Waals surface area contributed by atoms with Crippen molar-refractivity contribution < 1.29 is 18.7 Å². The molecule has 7 heteroatoms. The van der Waals surface area contributed by atoms with Gasteiger partial charge in [-0.3, -0.25) is 9.69 Å². The summed E-state index contributed by atoms with van der Waals surface area (Å²) < 4.78 is 19.6. The number of carbonyl (C=O) groups is 2. The zero-order valence-electron chi connectivity index (χ0n) is 12.5. The number of cyclic esters (lactones) is 1. The number of halogens is 1. The van der Waals surface area contributed by atoms with Crippen LogP contribution in [0.2, 0.25) is 0 Å². The molecule has 0 bridgehead atoms. The van der Waals surface area contributed by atoms with E-state index < -0.39 is 18.0 Å². The van der Waals surface area contributed by atoms with Crippen molar-refractivity contribution in [3.8, 4) is 0 Å². The summed E-state index contributed by atoms with van der Waals surface area (Å²) >= 11 is 0. The van der Waals surface area contributed by atoms with Gasteiger partial charge in [-0.25, -0.2) is 9.18 Å². The SMILES string of the molecule is CC(C)N1C(=O)Cc2cc(N3C[C@H](CN)OC3=O)cc(F)c21. The molecule has 2 aliphatic rings. The summed E-state index contributed by atoms with van der Waals surface area (Å²) in [5.74, 6) is -0.638.